The molecule has 0 bridgehead atoms. The number of rotatable bonds is 4. The second kappa shape index (κ2) is 5.93. The number of esters is 1. The van der Waals surface area contributed by atoms with E-state index >= 15 is 0 Å². The van der Waals surface area contributed by atoms with Crippen molar-refractivity contribution in [3.63, 3.8) is 0 Å². The molecule has 0 N–H and O–H groups in total. The van der Waals surface area contributed by atoms with E-state index in [0.717, 1.165) is 0 Å². The van der Waals surface area contributed by atoms with E-state index in [1.54, 1.807) is 25.1 Å². The van der Waals surface area contributed by atoms with Crippen molar-refractivity contribution in [2.75, 3.05) is 6.79 Å². The van der Waals surface area contributed by atoms with Gasteiger partial charge in [0.2, 0.25) is 6.79 Å². The van der Waals surface area contributed by atoms with Gasteiger partial charge in [-0.25, -0.2) is 9.18 Å². The Balaban J connectivity index is 1.62. The van der Waals surface area contributed by atoms with Gasteiger partial charge in [-0.2, -0.15) is 0 Å². The molecule has 0 saturated carbocycles. The third kappa shape index (κ3) is 3.11. The summed E-state index contributed by atoms with van der Waals surface area (Å²) in [4.78, 5) is 12.0. The van der Waals surface area contributed by atoms with Crippen LogP contribution in [0.3, 0.4) is 0 Å². The molecule has 0 unspecified atom stereocenters. The van der Waals surface area contributed by atoms with Crippen molar-refractivity contribution in [3.8, 4) is 23.0 Å². The maximum Gasteiger partial charge on any atom is 0.352 e. The van der Waals surface area contributed by atoms with Crippen LogP contribution in [0.1, 0.15) is 6.92 Å². The van der Waals surface area contributed by atoms with Crippen molar-refractivity contribution in [1.82, 2.24) is 0 Å². The quantitative estimate of drug-likeness (QED) is 0.642. The van der Waals surface area contributed by atoms with Gasteiger partial charge in [-0.05, 0) is 43.3 Å². The summed E-state index contributed by atoms with van der Waals surface area (Å²) in [5, 5.41) is 0. The summed E-state index contributed by atoms with van der Waals surface area (Å²) < 4.78 is 33.8. The lowest BCUT2D eigenvalue weighted by atomic mass is 10.3. The maximum absolute atomic E-state index is 12.8. The summed E-state index contributed by atoms with van der Waals surface area (Å²) in [6.07, 6.45) is -0.837. The molecular weight excluding hydrogens is 291 g/mol. The predicted molar refractivity (Wildman–Crippen MR) is 74.7 cm³/mol. The lowest BCUT2D eigenvalue weighted by Gasteiger charge is -2.14. The van der Waals surface area contributed by atoms with Crippen LogP contribution in [0.4, 0.5) is 4.39 Å². The van der Waals surface area contributed by atoms with Crippen LogP contribution in [0.5, 0.6) is 23.0 Å². The number of hydrogen-bond acceptors (Lipinski definition) is 5. The molecule has 114 valence electrons. The van der Waals surface area contributed by atoms with Gasteiger partial charge < -0.3 is 18.9 Å². The van der Waals surface area contributed by atoms with Crippen LogP contribution in [-0.4, -0.2) is 18.9 Å². The van der Waals surface area contributed by atoms with Crippen LogP contribution in [0.15, 0.2) is 42.5 Å². The first-order chi connectivity index (χ1) is 10.6. The molecule has 0 amide bonds. The zero-order chi connectivity index (χ0) is 15.5. The zero-order valence-corrected chi connectivity index (χ0v) is 11.7. The van der Waals surface area contributed by atoms with E-state index in [4.69, 9.17) is 18.9 Å². The van der Waals surface area contributed by atoms with Crippen molar-refractivity contribution in [2.24, 2.45) is 0 Å². The average Bonchev–Trinajstić information content (AvgIpc) is 2.97. The average molecular weight is 304 g/mol. The molecule has 0 aliphatic carbocycles. The predicted octanol–water partition coefficient (Wildman–Crippen LogP) is 2.93. The molecule has 1 heterocycles. The number of ether oxygens (including phenoxy) is 4. The second-order valence-corrected chi connectivity index (χ2v) is 4.65. The van der Waals surface area contributed by atoms with Crippen LogP contribution in [0.25, 0.3) is 0 Å². The van der Waals surface area contributed by atoms with Gasteiger partial charge in [0.15, 0.2) is 17.6 Å². The number of halogens is 1. The first kappa shape index (κ1) is 14.2. The lowest BCUT2D eigenvalue weighted by molar-refractivity contribution is -0.141. The van der Waals surface area contributed by atoms with Crippen molar-refractivity contribution in [3.05, 3.63) is 48.3 Å². The Morgan fingerprint density at radius 2 is 1.77 bits per heavy atom. The highest BCUT2D eigenvalue weighted by molar-refractivity contribution is 5.77. The van der Waals surface area contributed by atoms with E-state index in [1.165, 1.54) is 24.3 Å². The minimum Gasteiger partial charge on any atom is -0.479 e. The number of carbonyl (C=O) groups excluding carboxylic acids is 1. The molecule has 0 spiro atoms. The summed E-state index contributed by atoms with van der Waals surface area (Å²) >= 11 is 0. The molecule has 3 rings (SSSR count). The van der Waals surface area contributed by atoms with E-state index < -0.39 is 12.1 Å². The molecule has 5 nitrogen and oxygen atoms in total. The van der Waals surface area contributed by atoms with Crippen LogP contribution in [-0.2, 0) is 4.79 Å². The monoisotopic (exact) mass is 304 g/mol. The largest absolute Gasteiger partial charge is 0.479 e. The molecule has 1 atom stereocenters. The first-order valence-electron chi connectivity index (χ1n) is 6.65. The summed E-state index contributed by atoms with van der Waals surface area (Å²) in [5.74, 6) is 0.916. The Labute approximate surface area is 126 Å². The normalized spacial score (nSPS) is 13.5. The lowest BCUT2D eigenvalue weighted by Crippen LogP contribution is -2.28. The van der Waals surface area contributed by atoms with Crippen LogP contribution in [0, 0.1) is 5.82 Å². The van der Waals surface area contributed by atoms with E-state index in [-0.39, 0.29) is 12.6 Å². The van der Waals surface area contributed by atoms with E-state index in [0.29, 0.717) is 23.0 Å². The van der Waals surface area contributed by atoms with E-state index in [1.807, 2.05) is 0 Å². The van der Waals surface area contributed by atoms with Crippen molar-refractivity contribution in [1.29, 1.82) is 0 Å². The molecule has 22 heavy (non-hydrogen) atoms. The Kier molecular flexibility index (Phi) is 3.82. The van der Waals surface area contributed by atoms with Gasteiger partial charge >= 0.3 is 5.97 Å². The van der Waals surface area contributed by atoms with Crippen molar-refractivity contribution < 1.29 is 28.1 Å². The Morgan fingerprint density at radius 3 is 2.55 bits per heavy atom. The first-order valence-corrected chi connectivity index (χ1v) is 6.65. The number of benzene rings is 2. The SMILES string of the molecule is C[C@@H](Oc1ccc(F)cc1)C(=O)Oc1ccc2c(c1)OCO2. The van der Waals surface area contributed by atoms with Crippen molar-refractivity contribution >= 4 is 5.97 Å². The smallest absolute Gasteiger partial charge is 0.352 e. The molecule has 2 aromatic carbocycles. The van der Waals surface area contributed by atoms with Crippen LogP contribution in [0.2, 0.25) is 0 Å². The molecule has 6 heteroatoms. The highest BCUT2D eigenvalue weighted by atomic mass is 19.1. The fourth-order valence-electron chi connectivity index (χ4n) is 1.90. The number of carbonyl (C=O) groups is 1. The Bertz CT molecular complexity index is 683. The minimum absolute atomic E-state index is 0.150. The van der Waals surface area contributed by atoms with Gasteiger partial charge in [0.05, 0.1) is 0 Å². The Hall–Kier alpha value is -2.76. The standard InChI is InChI=1S/C16H13FO5/c1-10(21-12-4-2-11(17)3-5-12)16(18)22-13-6-7-14-15(8-13)20-9-19-14/h2-8,10H,9H2,1H3/t10-/m1/s1. The zero-order valence-electron chi connectivity index (χ0n) is 11.7. The Morgan fingerprint density at radius 1 is 1.09 bits per heavy atom. The molecular formula is C16H13FO5. The third-order valence-electron chi connectivity index (χ3n) is 3.02. The fraction of sp³-hybridized carbons (Fsp3) is 0.188. The van der Waals surface area contributed by atoms with Gasteiger partial charge in [-0.15, -0.1) is 0 Å². The van der Waals surface area contributed by atoms with Crippen LogP contribution < -0.4 is 18.9 Å². The van der Waals surface area contributed by atoms with Gasteiger partial charge in [-0.3, -0.25) is 0 Å². The summed E-state index contributed by atoms with van der Waals surface area (Å²) in [5.41, 5.74) is 0. The summed E-state index contributed by atoms with van der Waals surface area (Å²) in [6.45, 7) is 1.70. The molecule has 0 fully saturated rings. The highest BCUT2D eigenvalue weighted by Gasteiger charge is 2.20. The molecule has 0 saturated heterocycles. The minimum atomic E-state index is -0.837. The van der Waals surface area contributed by atoms with Crippen molar-refractivity contribution in [2.45, 2.75) is 13.0 Å². The number of fused-ring (bicyclic) bond motifs is 1. The molecule has 0 radical (unpaired) electrons. The number of hydrogen-bond donors (Lipinski definition) is 0. The van der Waals surface area contributed by atoms with E-state index in [9.17, 15) is 9.18 Å². The highest BCUT2D eigenvalue weighted by Crippen LogP contribution is 2.35. The molecule has 2 aromatic rings. The fourth-order valence-corrected chi connectivity index (χ4v) is 1.90. The summed E-state index contributed by atoms with van der Waals surface area (Å²) in [7, 11) is 0. The third-order valence-corrected chi connectivity index (χ3v) is 3.02. The van der Waals surface area contributed by atoms with Gasteiger partial charge in [0, 0.05) is 6.07 Å². The molecule has 1 aliphatic rings. The maximum atomic E-state index is 12.8. The topological polar surface area (TPSA) is 54.0 Å². The van der Waals surface area contributed by atoms with Gasteiger partial charge in [0.1, 0.15) is 17.3 Å². The van der Waals surface area contributed by atoms with Gasteiger partial charge in [0.25, 0.3) is 0 Å². The van der Waals surface area contributed by atoms with Gasteiger partial charge in [-0.1, -0.05) is 0 Å². The summed E-state index contributed by atoms with van der Waals surface area (Å²) in [6, 6.07) is 10.2. The molecule has 1 aliphatic heterocycles. The molecule has 0 aromatic heterocycles. The second-order valence-electron chi connectivity index (χ2n) is 4.65. The van der Waals surface area contributed by atoms with Crippen LogP contribution >= 0.6 is 0 Å². The van der Waals surface area contributed by atoms with E-state index in [2.05, 4.69) is 0 Å².